The minimum Gasteiger partial charge on any atom is -0.339 e. The Kier molecular flexibility index (Phi) is 3.76. The Morgan fingerprint density at radius 2 is 1.90 bits per heavy atom. The van der Waals surface area contributed by atoms with Crippen molar-refractivity contribution in [3.8, 4) is 0 Å². The Morgan fingerprint density at radius 1 is 1.10 bits per heavy atom. The minimum absolute atomic E-state index is 0.0579. The van der Waals surface area contributed by atoms with Gasteiger partial charge in [0, 0.05) is 18.0 Å². The van der Waals surface area contributed by atoms with E-state index in [9.17, 15) is 9.18 Å². The Morgan fingerprint density at radius 3 is 2.71 bits per heavy atom. The van der Waals surface area contributed by atoms with Crippen LogP contribution >= 0.6 is 11.6 Å². The molecule has 0 radical (unpaired) electrons. The summed E-state index contributed by atoms with van der Waals surface area (Å²) in [6, 6.07) is 13.9. The van der Waals surface area contributed by atoms with Gasteiger partial charge in [0.2, 0.25) is 0 Å². The fourth-order valence-corrected chi connectivity index (χ4v) is 2.74. The first-order valence-electron chi connectivity index (χ1n) is 6.63. The van der Waals surface area contributed by atoms with E-state index in [0.29, 0.717) is 10.6 Å². The lowest BCUT2D eigenvalue weighted by Crippen LogP contribution is -2.12. The summed E-state index contributed by atoms with van der Waals surface area (Å²) in [7, 11) is 0. The van der Waals surface area contributed by atoms with Crippen LogP contribution in [-0.2, 0) is 17.8 Å². The summed E-state index contributed by atoms with van der Waals surface area (Å²) in [4.78, 5) is 12.2. The number of Topliss-reactive ketones (excluding diaryl/α,β-unsaturated/α-hetero) is 1. The van der Waals surface area contributed by atoms with Crippen molar-refractivity contribution in [1.82, 2.24) is 4.57 Å². The van der Waals surface area contributed by atoms with Crippen LogP contribution in [0.15, 0.2) is 54.7 Å². The molecule has 0 N–H and O–H groups in total. The summed E-state index contributed by atoms with van der Waals surface area (Å²) in [5.74, 6) is -0.404. The van der Waals surface area contributed by atoms with Crippen molar-refractivity contribution in [2.24, 2.45) is 0 Å². The van der Waals surface area contributed by atoms with Crippen molar-refractivity contribution >= 4 is 28.3 Å². The van der Waals surface area contributed by atoms with E-state index in [1.807, 2.05) is 24.4 Å². The largest absolute Gasteiger partial charge is 0.339 e. The van der Waals surface area contributed by atoms with Gasteiger partial charge in [-0.15, -0.1) is 0 Å². The van der Waals surface area contributed by atoms with Gasteiger partial charge >= 0.3 is 0 Å². The van der Waals surface area contributed by atoms with Gasteiger partial charge in [0.15, 0.2) is 5.78 Å². The van der Waals surface area contributed by atoms with Crippen LogP contribution in [-0.4, -0.2) is 10.4 Å². The Labute approximate surface area is 126 Å². The van der Waals surface area contributed by atoms with E-state index in [1.165, 1.54) is 6.07 Å². The van der Waals surface area contributed by atoms with E-state index < -0.39 is 0 Å². The number of hydrogen-bond donors (Lipinski definition) is 0. The molecule has 0 fully saturated rings. The second-order valence-electron chi connectivity index (χ2n) is 4.93. The van der Waals surface area contributed by atoms with Crippen molar-refractivity contribution in [2.45, 2.75) is 13.0 Å². The zero-order valence-electron chi connectivity index (χ0n) is 11.2. The second-order valence-corrected chi connectivity index (χ2v) is 5.34. The Balaban J connectivity index is 1.83. The van der Waals surface area contributed by atoms with Crippen molar-refractivity contribution < 1.29 is 9.18 Å². The number of carbonyl (C=O) groups is 1. The van der Waals surface area contributed by atoms with E-state index in [4.69, 9.17) is 11.6 Å². The number of aromatic nitrogens is 1. The summed E-state index contributed by atoms with van der Waals surface area (Å²) in [6.45, 7) is 0.182. The highest BCUT2D eigenvalue weighted by Crippen LogP contribution is 2.24. The highest BCUT2D eigenvalue weighted by molar-refractivity contribution is 6.35. The molecule has 0 aliphatic carbocycles. The maximum absolute atomic E-state index is 13.6. The van der Waals surface area contributed by atoms with Crippen molar-refractivity contribution in [3.63, 3.8) is 0 Å². The first-order chi connectivity index (χ1) is 10.1. The molecule has 3 aromatic rings. The number of ketones is 1. The quantitative estimate of drug-likeness (QED) is 0.706. The van der Waals surface area contributed by atoms with Crippen molar-refractivity contribution in [3.05, 3.63) is 71.1 Å². The monoisotopic (exact) mass is 301 g/mol. The van der Waals surface area contributed by atoms with Crippen LogP contribution in [0.4, 0.5) is 4.39 Å². The molecule has 0 saturated heterocycles. The molecular weight excluding hydrogens is 289 g/mol. The molecule has 0 bridgehead atoms. The van der Waals surface area contributed by atoms with Crippen LogP contribution in [0.5, 0.6) is 0 Å². The van der Waals surface area contributed by atoms with Gasteiger partial charge in [0.05, 0.1) is 17.1 Å². The molecule has 0 atom stereocenters. The molecule has 2 nitrogen and oxygen atoms in total. The first kappa shape index (κ1) is 13.8. The standard InChI is InChI=1S/C17H13ClFNO/c18-15-6-3-5-12-8-9-20(17(12)15)11-14(21)10-13-4-1-2-7-16(13)19/h1-9H,10-11H2. The summed E-state index contributed by atoms with van der Waals surface area (Å²) in [6.07, 6.45) is 1.91. The SMILES string of the molecule is O=C(Cc1ccccc1F)Cn1ccc2cccc(Cl)c21. The van der Waals surface area contributed by atoms with E-state index in [-0.39, 0.29) is 24.6 Å². The Hall–Kier alpha value is -2.13. The zero-order chi connectivity index (χ0) is 14.8. The highest BCUT2D eigenvalue weighted by Gasteiger charge is 2.11. The van der Waals surface area contributed by atoms with Crippen LogP contribution in [0.1, 0.15) is 5.56 Å². The normalized spacial score (nSPS) is 11.0. The molecule has 0 aliphatic rings. The van der Waals surface area contributed by atoms with Gasteiger partial charge in [-0.2, -0.15) is 0 Å². The van der Waals surface area contributed by atoms with Crippen LogP contribution in [0.3, 0.4) is 0 Å². The fraction of sp³-hybridized carbons (Fsp3) is 0.118. The van der Waals surface area contributed by atoms with E-state index in [2.05, 4.69) is 0 Å². The summed E-state index contributed by atoms with van der Waals surface area (Å²) in [5.41, 5.74) is 1.26. The number of carbonyl (C=O) groups excluding carboxylic acids is 1. The van der Waals surface area contributed by atoms with Gasteiger partial charge in [0.25, 0.3) is 0 Å². The predicted molar refractivity (Wildman–Crippen MR) is 82.1 cm³/mol. The molecule has 1 aromatic heterocycles. The van der Waals surface area contributed by atoms with Gasteiger partial charge in [-0.25, -0.2) is 4.39 Å². The maximum Gasteiger partial charge on any atom is 0.156 e. The zero-order valence-corrected chi connectivity index (χ0v) is 12.0. The number of para-hydroxylation sites is 1. The van der Waals surface area contributed by atoms with Crippen LogP contribution in [0.25, 0.3) is 10.9 Å². The average molecular weight is 302 g/mol. The summed E-state index contributed by atoms with van der Waals surface area (Å²) >= 11 is 6.18. The number of rotatable bonds is 4. The average Bonchev–Trinajstić information content (AvgIpc) is 2.86. The van der Waals surface area contributed by atoms with Gasteiger partial charge < -0.3 is 4.57 Å². The molecule has 0 amide bonds. The van der Waals surface area contributed by atoms with Crippen LogP contribution in [0.2, 0.25) is 5.02 Å². The highest BCUT2D eigenvalue weighted by atomic mass is 35.5. The van der Waals surface area contributed by atoms with Crippen molar-refractivity contribution in [1.29, 1.82) is 0 Å². The third-order valence-corrected chi connectivity index (χ3v) is 3.74. The van der Waals surface area contributed by atoms with Crippen LogP contribution in [0, 0.1) is 5.82 Å². The number of benzene rings is 2. The smallest absolute Gasteiger partial charge is 0.156 e. The third kappa shape index (κ3) is 2.83. The lowest BCUT2D eigenvalue weighted by molar-refractivity contribution is -0.118. The third-order valence-electron chi connectivity index (χ3n) is 3.43. The topological polar surface area (TPSA) is 22.0 Å². The fourth-order valence-electron chi connectivity index (χ4n) is 2.45. The molecule has 0 spiro atoms. The summed E-state index contributed by atoms with van der Waals surface area (Å²) in [5, 5.41) is 1.59. The molecule has 0 saturated carbocycles. The molecule has 2 aromatic carbocycles. The molecule has 1 heterocycles. The molecule has 0 unspecified atom stereocenters. The minimum atomic E-state index is -0.346. The second kappa shape index (κ2) is 5.70. The predicted octanol–water partition coefficient (Wildman–Crippen LogP) is 4.25. The first-order valence-corrected chi connectivity index (χ1v) is 7.01. The molecule has 3 rings (SSSR count). The number of nitrogens with zero attached hydrogens (tertiary/aromatic N) is 1. The van der Waals surface area contributed by atoms with E-state index in [1.54, 1.807) is 28.8 Å². The summed E-state index contributed by atoms with van der Waals surface area (Å²) < 4.78 is 15.4. The lowest BCUT2D eigenvalue weighted by atomic mass is 10.1. The van der Waals surface area contributed by atoms with E-state index >= 15 is 0 Å². The molecule has 106 valence electrons. The lowest BCUT2D eigenvalue weighted by Gasteiger charge is -2.07. The number of hydrogen-bond acceptors (Lipinski definition) is 1. The van der Waals surface area contributed by atoms with Crippen molar-refractivity contribution in [2.75, 3.05) is 0 Å². The van der Waals surface area contributed by atoms with Gasteiger partial charge in [-0.05, 0) is 23.8 Å². The van der Waals surface area contributed by atoms with Crippen LogP contribution < -0.4 is 0 Å². The van der Waals surface area contributed by atoms with Gasteiger partial charge in [0.1, 0.15) is 5.82 Å². The van der Waals surface area contributed by atoms with Gasteiger partial charge in [-0.1, -0.05) is 41.9 Å². The van der Waals surface area contributed by atoms with E-state index in [0.717, 1.165) is 10.9 Å². The number of halogens is 2. The van der Waals surface area contributed by atoms with Gasteiger partial charge in [-0.3, -0.25) is 4.79 Å². The molecular formula is C17H13ClFNO. The molecule has 21 heavy (non-hydrogen) atoms. The maximum atomic E-state index is 13.6. The Bertz CT molecular complexity index is 809. The molecule has 0 aliphatic heterocycles. The number of fused-ring (bicyclic) bond motifs is 1. The molecule has 4 heteroatoms.